The minimum Gasteiger partial charge on any atom is -0.379 e. The van der Waals surface area contributed by atoms with Gasteiger partial charge in [-0.25, -0.2) is 0 Å². The molecule has 2 unspecified atom stereocenters. The predicted octanol–water partition coefficient (Wildman–Crippen LogP) is 3.28. The van der Waals surface area contributed by atoms with Gasteiger partial charge in [-0.05, 0) is 59.8 Å². The summed E-state index contributed by atoms with van der Waals surface area (Å²) in [5.74, 6) is -0.0652. The lowest BCUT2D eigenvalue weighted by Gasteiger charge is -2.29. The standard InChI is InChI=1S/C21H40N2O4/c1-6-7-12-19(27-17(4)5)21(25)23-14-10-11-18(23)20(24)22-13-8-9-15-26-16(2)3/h16-19H,6-15H2,1-5H3,(H,22,24). The summed E-state index contributed by atoms with van der Waals surface area (Å²) in [4.78, 5) is 27.3. The van der Waals surface area contributed by atoms with Crippen molar-refractivity contribution in [2.75, 3.05) is 19.7 Å². The number of ether oxygens (including phenoxy) is 2. The molecule has 2 amide bonds. The smallest absolute Gasteiger partial charge is 0.252 e. The molecule has 0 aromatic heterocycles. The molecule has 6 heteroatoms. The third-order valence-corrected chi connectivity index (χ3v) is 4.69. The Hall–Kier alpha value is -1.14. The number of carbonyl (C=O) groups excluding carboxylic acids is 2. The van der Waals surface area contributed by atoms with Gasteiger partial charge in [0, 0.05) is 19.7 Å². The lowest BCUT2D eigenvalue weighted by Crippen LogP contribution is -2.50. The monoisotopic (exact) mass is 384 g/mol. The van der Waals surface area contributed by atoms with E-state index >= 15 is 0 Å². The number of nitrogens with one attached hydrogen (secondary N) is 1. The third-order valence-electron chi connectivity index (χ3n) is 4.69. The molecule has 0 aliphatic carbocycles. The highest BCUT2D eigenvalue weighted by molar-refractivity contribution is 5.90. The van der Waals surface area contributed by atoms with Crippen molar-refractivity contribution in [3.05, 3.63) is 0 Å². The second-order valence-corrected chi connectivity index (χ2v) is 7.92. The molecule has 1 saturated heterocycles. The van der Waals surface area contributed by atoms with Crippen LogP contribution in [0.1, 0.15) is 79.6 Å². The summed E-state index contributed by atoms with van der Waals surface area (Å²) in [5.41, 5.74) is 0. The fourth-order valence-electron chi connectivity index (χ4n) is 3.33. The van der Waals surface area contributed by atoms with Crippen LogP contribution in [-0.2, 0) is 19.1 Å². The van der Waals surface area contributed by atoms with Crippen molar-refractivity contribution in [3.63, 3.8) is 0 Å². The van der Waals surface area contributed by atoms with Gasteiger partial charge in [-0.15, -0.1) is 0 Å². The van der Waals surface area contributed by atoms with Gasteiger partial charge in [0.05, 0.1) is 12.2 Å². The molecule has 1 rings (SSSR count). The molecule has 1 heterocycles. The molecule has 158 valence electrons. The zero-order valence-corrected chi connectivity index (χ0v) is 18.0. The van der Waals surface area contributed by atoms with Crippen molar-refractivity contribution in [2.45, 2.75) is 104 Å². The second kappa shape index (κ2) is 13.1. The summed E-state index contributed by atoms with van der Waals surface area (Å²) in [6.07, 6.45) is 5.90. The Morgan fingerprint density at radius 1 is 1.11 bits per heavy atom. The number of hydrogen-bond acceptors (Lipinski definition) is 4. The maximum Gasteiger partial charge on any atom is 0.252 e. The molecule has 1 aliphatic rings. The molecular weight excluding hydrogens is 344 g/mol. The Bertz CT molecular complexity index is 440. The molecule has 1 fully saturated rings. The fourth-order valence-corrected chi connectivity index (χ4v) is 3.33. The van der Waals surface area contributed by atoms with E-state index in [9.17, 15) is 9.59 Å². The van der Waals surface area contributed by atoms with Crippen molar-refractivity contribution in [3.8, 4) is 0 Å². The lowest BCUT2D eigenvalue weighted by molar-refractivity contribution is -0.151. The normalized spacial score (nSPS) is 18.3. The summed E-state index contributed by atoms with van der Waals surface area (Å²) < 4.78 is 11.4. The van der Waals surface area contributed by atoms with Gasteiger partial charge in [0.1, 0.15) is 12.1 Å². The Balaban J connectivity index is 2.49. The van der Waals surface area contributed by atoms with E-state index in [0.717, 1.165) is 38.5 Å². The molecule has 0 bridgehead atoms. The van der Waals surface area contributed by atoms with E-state index in [-0.39, 0.29) is 30.1 Å². The van der Waals surface area contributed by atoms with E-state index in [1.165, 1.54) is 0 Å². The average Bonchev–Trinajstić information content (AvgIpc) is 3.10. The fraction of sp³-hybridized carbons (Fsp3) is 0.905. The minimum absolute atomic E-state index is 0.00116. The van der Waals surface area contributed by atoms with Crippen LogP contribution in [0.2, 0.25) is 0 Å². The van der Waals surface area contributed by atoms with E-state index in [4.69, 9.17) is 9.47 Å². The first kappa shape index (κ1) is 23.9. The van der Waals surface area contributed by atoms with Gasteiger partial charge in [0.2, 0.25) is 5.91 Å². The lowest BCUT2D eigenvalue weighted by atomic mass is 10.1. The summed E-state index contributed by atoms with van der Waals surface area (Å²) in [6.45, 7) is 12.0. The topological polar surface area (TPSA) is 67.9 Å². The zero-order chi connectivity index (χ0) is 20.2. The van der Waals surface area contributed by atoms with Crippen molar-refractivity contribution in [1.29, 1.82) is 0 Å². The number of likely N-dealkylation sites (tertiary alicyclic amines) is 1. The van der Waals surface area contributed by atoms with Crippen LogP contribution >= 0.6 is 0 Å². The van der Waals surface area contributed by atoms with Crippen LogP contribution in [0.25, 0.3) is 0 Å². The first-order chi connectivity index (χ1) is 12.9. The summed E-state index contributed by atoms with van der Waals surface area (Å²) in [5, 5.41) is 2.99. The van der Waals surface area contributed by atoms with Crippen molar-refractivity contribution < 1.29 is 19.1 Å². The highest BCUT2D eigenvalue weighted by Gasteiger charge is 2.37. The maximum atomic E-state index is 13.0. The summed E-state index contributed by atoms with van der Waals surface area (Å²) in [6, 6.07) is -0.357. The number of amides is 2. The Kier molecular flexibility index (Phi) is 11.6. The van der Waals surface area contributed by atoms with Crippen LogP contribution in [0.15, 0.2) is 0 Å². The zero-order valence-electron chi connectivity index (χ0n) is 18.0. The largest absolute Gasteiger partial charge is 0.379 e. The molecular formula is C21H40N2O4. The molecule has 1 N–H and O–H groups in total. The van der Waals surface area contributed by atoms with Crippen molar-refractivity contribution >= 4 is 11.8 Å². The quantitative estimate of drug-likeness (QED) is 0.495. The molecule has 0 saturated carbocycles. The highest BCUT2D eigenvalue weighted by atomic mass is 16.5. The first-order valence-electron chi connectivity index (χ1n) is 10.7. The van der Waals surface area contributed by atoms with Gasteiger partial charge >= 0.3 is 0 Å². The molecule has 6 nitrogen and oxygen atoms in total. The Morgan fingerprint density at radius 3 is 2.48 bits per heavy atom. The first-order valence-corrected chi connectivity index (χ1v) is 10.7. The predicted molar refractivity (Wildman–Crippen MR) is 108 cm³/mol. The van der Waals surface area contributed by atoms with Gasteiger partial charge in [0.25, 0.3) is 5.91 Å². The average molecular weight is 385 g/mol. The molecule has 0 spiro atoms. The van der Waals surface area contributed by atoms with Crippen molar-refractivity contribution in [1.82, 2.24) is 10.2 Å². The third kappa shape index (κ3) is 9.06. The molecule has 0 radical (unpaired) electrons. The number of carbonyl (C=O) groups is 2. The van der Waals surface area contributed by atoms with Crippen LogP contribution in [0.3, 0.4) is 0 Å². The van der Waals surface area contributed by atoms with E-state index in [1.807, 2.05) is 27.7 Å². The van der Waals surface area contributed by atoms with Crippen LogP contribution in [0, 0.1) is 0 Å². The summed E-state index contributed by atoms with van der Waals surface area (Å²) in [7, 11) is 0. The van der Waals surface area contributed by atoms with Crippen LogP contribution in [-0.4, -0.2) is 60.8 Å². The Morgan fingerprint density at radius 2 is 1.85 bits per heavy atom. The maximum absolute atomic E-state index is 13.0. The molecule has 0 aromatic rings. The Labute approximate surface area is 165 Å². The van der Waals surface area contributed by atoms with Crippen LogP contribution in [0.5, 0.6) is 0 Å². The number of unbranched alkanes of at least 4 members (excludes halogenated alkanes) is 2. The molecule has 2 atom stereocenters. The second-order valence-electron chi connectivity index (χ2n) is 7.92. The van der Waals surface area contributed by atoms with Crippen LogP contribution < -0.4 is 5.32 Å². The SMILES string of the molecule is CCCCC(OC(C)C)C(=O)N1CCCC1C(=O)NCCCCOC(C)C. The highest BCUT2D eigenvalue weighted by Crippen LogP contribution is 2.21. The molecule has 0 aromatic carbocycles. The van der Waals surface area contributed by atoms with Gasteiger partial charge in [-0.2, -0.15) is 0 Å². The van der Waals surface area contributed by atoms with Gasteiger partial charge in [0.15, 0.2) is 0 Å². The number of rotatable bonds is 13. The molecule has 27 heavy (non-hydrogen) atoms. The van der Waals surface area contributed by atoms with E-state index in [2.05, 4.69) is 12.2 Å². The molecule has 1 aliphatic heterocycles. The minimum atomic E-state index is -0.438. The van der Waals surface area contributed by atoms with E-state index < -0.39 is 6.10 Å². The van der Waals surface area contributed by atoms with E-state index in [1.54, 1.807) is 4.90 Å². The number of hydrogen-bond donors (Lipinski definition) is 1. The number of nitrogens with zero attached hydrogens (tertiary/aromatic N) is 1. The summed E-state index contributed by atoms with van der Waals surface area (Å²) >= 11 is 0. The van der Waals surface area contributed by atoms with E-state index in [0.29, 0.717) is 26.1 Å². The van der Waals surface area contributed by atoms with Gasteiger partial charge < -0.3 is 19.7 Å². The van der Waals surface area contributed by atoms with Crippen molar-refractivity contribution in [2.24, 2.45) is 0 Å². The van der Waals surface area contributed by atoms with Crippen LogP contribution in [0.4, 0.5) is 0 Å². The van der Waals surface area contributed by atoms with Gasteiger partial charge in [-0.1, -0.05) is 19.8 Å². The van der Waals surface area contributed by atoms with Gasteiger partial charge in [-0.3, -0.25) is 9.59 Å².